The third kappa shape index (κ3) is 6.16. The van der Waals surface area contributed by atoms with Crippen LogP contribution in [0.4, 0.5) is 5.95 Å². The van der Waals surface area contributed by atoms with E-state index in [-0.39, 0.29) is 18.2 Å². The summed E-state index contributed by atoms with van der Waals surface area (Å²) in [5.74, 6) is 0.959. The van der Waals surface area contributed by atoms with E-state index in [1.54, 1.807) is 31.4 Å². The van der Waals surface area contributed by atoms with Gasteiger partial charge in [0.25, 0.3) is 0 Å². The molecule has 0 aliphatic heterocycles. The fourth-order valence-electron chi connectivity index (χ4n) is 2.40. The number of nitrogens with one attached hydrogen (secondary N) is 2. The SMILES string of the molecule is COc1ccc(C(=O)CNC(=O)CCCNc2nc(C)cc(C)n2)cc1. The second kappa shape index (κ2) is 9.50. The number of nitrogens with zero attached hydrogens (tertiary/aromatic N) is 2. The van der Waals surface area contributed by atoms with Gasteiger partial charge in [0.05, 0.1) is 13.7 Å². The highest BCUT2D eigenvalue weighted by atomic mass is 16.5. The standard InChI is InChI=1S/C19H24N4O3/c1-13-11-14(2)23-19(22-13)20-10-4-5-18(25)21-12-17(24)15-6-8-16(26-3)9-7-15/h6-9,11H,4-5,10,12H2,1-3H3,(H,21,25)(H,20,22,23). The van der Waals surface area contributed by atoms with Gasteiger partial charge in [0.2, 0.25) is 11.9 Å². The monoisotopic (exact) mass is 356 g/mol. The van der Waals surface area contributed by atoms with Crippen molar-refractivity contribution in [2.75, 3.05) is 25.5 Å². The van der Waals surface area contributed by atoms with Crippen molar-refractivity contribution < 1.29 is 14.3 Å². The molecule has 0 aliphatic rings. The van der Waals surface area contributed by atoms with Crippen LogP contribution in [0.1, 0.15) is 34.6 Å². The molecular formula is C19H24N4O3. The molecule has 0 fully saturated rings. The number of methoxy groups -OCH3 is 1. The maximum atomic E-state index is 12.0. The van der Waals surface area contributed by atoms with Crippen LogP contribution in [0.25, 0.3) is 0 Å². The molecule has 0 saturated carbocycles. The molecule has 7 heteroatoms. The van der Waals surface area contributed by atoms with Gasteiger partial charge >= 0.3 is 0 Å². The molecule has 0 bridgehead atoms. The van der Waals surface area contributed by atoms with Crippen molar-refractivity contribution in [1.82, 2.24) is 15.3 Å². The summed E-state index contributed by atoms with van der Waals surface area (Å²) in [4.78, 5) is 32.5. The highest BCUT2D eigenvalue weighted by Gasteiger charge is 2.08. The number of rotatable bonds is 9. The van der Waals surface area contributed by atoms with Gasteiger partial charge in [0.15, 0.2) is 5.78 Å². The van der Waals surface area contributed by atoms with Crippen LogP contribution in [-0.4, -0.2) is 41.9 Å². The Morgan fingerprint density at radius 3 is 2.35 bits per heavy atom. The lowest BCUT2D eigenvalue weighted by Gasteiger charge is -2.07. The Balaban J connectivity index is 1.67. The van der Waals surface area contributed by atoms with Crippen LogP contribution in [0, 0.1) is 13.8 Å². The third-order valence-corrected chi connectivity index (χ3v) is 3.70. The van der Waals surface area contributed by atoms with Crippen molar-refractivity contribution in [2.24, 2.45) is 0 Å². The largest absolute Gasteiger partial charge is 0.497 e. The van der Waals surface area contributed by atoms with Gasteiger partial charge in [-0.05, 0) is 50.6 Å². The molecule has 0 saturated heterocycles. The molecule has 1 aromatic heterocycles. The van der Waals surface area contributed by atoms with Gasteiger partial charge in [-0.15, -0.1) is 0 Å². The van der Waals surface area contributed by atoms with Crippen LogP contribution in [0.15, 0.2) is 30.3 Å². The van der Waals surface area contributed by atoms with Crippen LogP contribution < -0.4 is 15.4 Å². The maximum Gasteiger partial charge on any atom is 0.223 e. The normalized spacial score (nSPS) is 10.3. The number of hydrogen-bond donors (Lipinski definition) is 2. The molecule has 0 spiro atoms. The number of carbonyl (C=O) groups is 2. The lowest BCUT2D eigenvalue weighted by atomic mass is 10.1. The number of carbonyl (C=O) groups excluding carboxylic acids is 2. The quantitative estimate of drug-likeness (QED) is 0.529. The van der Waals surface area contributed by atoms with Crippen LogP contribution in [0.2, 0.25) is 0 Å². The van der Waals surface area contributed by atoms with E-state index in [9.17, 15) is 9.59 Å². The highest BCUT2D eigenvalue weighted by molar-refractivity contribution is 5.99. The molecule has 2 rings (SSSR count). The first-order valence-electron chi connectivity index (χ1n) is 8.48. The van der Waals surface area contributed by atoms with Gasteiger partial charge < -0.3 is 15.4 Å². The minimum Gasteiger partial charge on any atom is -0.497 e. The summed E-state index contributed by atoms with van der Waals surface area (Å²) in [6, 6.07) is 8.70. The Morgan fingerprint density at radius 2 is 1.73 bits per heavy atom. The number of hydrogen-bond acceptors (Lipinski definition) is 6. The second-order valence-electron chi connectivity index (χ2n) is 5.93. The summed E-state index contributed by atoms with van der Waals surface area (Å²) in [6.45, 7) is 4.39. The molecule has 138 valence electrons. The van der Waals surface area contributed by atoms with Crippen molar-refractivity contribution in [2.45, 2.75) is 26.7 Å². The number of aryl methyl sites for hydroxylation is 2. The summed E-state index contributed by atoms with van der Waals surface area (Å²) in [5.41, 5.74) is 2.34. The van der Waals surface area contributed by atoms with E-state index in [1.807, 2.05) is 19.9 Å². The maximum absolute atomic E-state index is 12.0. The minimum atomic E-state index is -0.157. The predicted molar refractivity (Wildman–Crippen MR) is 99.6 cm³/mol. The van der Waals surface area contributed by atoms with E-state index in [2.05, 4.69) is 20.6 Å². The highest BCUT2D eigenvalue weighted by Crippen LogP contribution is 2.11. The van der Waals surface area contributed by atoms with Gasteiger partial charge in [-0.1, -0.05) is 0 Å². The molecule has 0 aliphatic carbocycles. The smallest absolute Gasteiger partial charge is 0.223 e. The molecule has 1 aromatic carbocycles. The number of anilines is 1. The second-order valence-corrected chi connectivity index (χ2v) is 5.93. The summed E-state index contributed by atoms with van der Waals surface area (Å²) >= 11 is 0. The van der Waals surface area contributed by atoms with Crippen molar-refractivity contribution in [3.63, 3.8) is 0 Å². The lowest BCUT2D eigenvalue weighted by Crippen LogP contribution is -2.29. The van der Waals surface area contributed by atoms with Gasteiger partial charge in [0.1, 0.15) is 5.75 Å². The summed E-state index contributed by atoms with van der Waals surface area (Å²) in [7, 11) is 1.57. The van der Waals surface area contributed by atoms with E-state index in [0.29, 0.717) is 36.6 Å². The Kier molecular flexibility index (Phi) is 7.08. The Bertz CT molecular complexity index is 740. The first kappa shape index (κ1) is 19.4. The Morgan fingerprint density at radius 1 is 1.08 bits per heavy atom. The minimum absolute atomic E-state index is 0.0151. The van der Waals surface area contributed by atoms with Crippen LogP contribution in [0.5, 0.6) is 5.75 Å². The molecule has 7 nitrogen and oxygen atoms in total. The predicted octanol–water partition coefficient (Wildman–Crippen LogP) is 2.29. The zero-order chi connectivity index (χ0) is 18.9. The molecule has 0 atom stereocenters. The molecule has 0 radical (unpaired) electrons. The van der Waals surface area contributed by atoms with Crippen molar-refractivity contribution in [3.05, 3.63) is 47.3 Å². The number of ketones is 1. The van der Waals surface area contributed by atoms with Crippen molar-refractivity contribution in [3.8, 4) is 5.75 Å². The summed E-state index contributed by atoms with van der Waals surface area (Å²) in [6.07, 6.45) is 0.951. The van der Waals surface area contributed by atoms with Gasteiger partial charge in [-0.2, -0.15) is 0 Å². The van der Waals surface area contributed by atoms with Crippen LogP contribution in [-0.2, 0) is 4.79 Å². The molecule has 2 aromatic rings. The molecule has 0 unspecified atom stereocenters. The number of ether oxygens (including phenoxy) is 1. The average Bonchev–Trinajstić information content (AvgIpc) is 2.62. The van der Waals surface area contributed by atoms with Gasteiger partial charge in [-0.3, -0.25) is 9.59 Å². The van der Waals surface area contributed by atoms with Gasteiger partial charge in [-0.25, -0.2) is 9.97 Å². The molecule has 1 heterocycles. The Labute approximate surface area is 153 Å². The lowest BCUT2D eigenvalue weighted by molar-refractivity contribution is -0.120. The first-order valence-corrected chi connectivity index (χ1v) is 8.48. The first-order chi connectivity index (χ1) is 12.5. The van der Waals surface area contributed by atoms with Crippen molar-refractivity contribution >= 4 is 17.6 Å². The van der Waals surface area contributed by atoms with Crippen LogP contribution in [0.3, 0.4) is 0 Å². The van der Waals surface area contributed by atoms with Gasteiger partial charge in [0, 0.05) is 29.9 Å². The average molecular weight is 356 g/mol. The zero-order valence-electron chi connectivity index (χ0n) is 15.3. The van der Waals surface area contributed by atoms with Crippen molar-refractivity contribution in [1.29, 1.82) is 0 Å². The topological polar surface area (TPSA) is 93.2 Å². The third-order valence-electron chi connectivity index (χ3n) is 3.70. The molecular weight excluding hydrogens is 332 g/mol. The number of Topliss-reactive ketones (excluding diaryl/α,β-unsaturated/α-hetero) is 1. The number of aromatic nitrogens is 2. The fourth-order valence-corrected chi connectivity index (χ4v) is 2.40. The van der Waals surface area contributed by atoms with E-state index >= 15 is 0 Å². The molecule has 1 amide bonds. The summed E-state index contributed by atoms with van der Waals surface area (Å²) in [5, 5.41) is 5.75. The zero-order valence-corrected chi connectivity index (χ0v) is 15.3. The summed E-state index contributed by atoms with van der Waals surface area (Å²) < 4.78 is 5.05. The van der Waals surface area contributed by atoms with E-state index < -0.39 is 0 Å². The molecule has 26 heavy (non-hydrogen) atoms. The fraction of sp³-hybridized carbons (Fsp3) is 0.368. The van der Waals surface area contributed by atoms with E-state index in [4.69, 9.17) is 4.74 Å². The Hall–Kier alpha value is -2.96. The molecule has 2 N–H and O–H groups in total. The van der Waals surface area contributed by atoms with E-state index in [0.717, 1.165) is 11.4 Å². The number of benzene rings is 1. The number of amides is 1. The van der Waals surface area contributed by atoms with E-state index in [1.165, 1.54) is 0 Å². The van der Waals surface area contributed by atoms with Crippen LogP contribution >= 0.6 is 0 Å².